The number of nitrogens with zero attached hydrogens (tertiary/aromatic N) is 5. The number of terminal acetylenes is 1. The fourth-order valence-electron chi connectivity index (χ4n) is 7.85. The second-order valence-electron chi connectivity index (χ2n) is 12.7. The van der Waals surface area contributed by atoms with Gasteiger partial charge in [-0.05, 0) is 42.8 Å². The van der Waals surface area contributed by atoms with Crippen LogP contribution in [-0.2, 0) is 0 Å². The van der Waals surface area contributed by atoms with Crippen LogP contribution in [0.3, 0.4) is 0 Å². The molecule has 0 radical (unpaired) electrons. The lowest BCUT2D eigenvalue weighted by Gasteiger charge is -2.34. The van der Waals surface area contributed by atoms with Gasteiger partial charge in [-0.25, -0.2) is 8.78 Å². The van der Waals surface area contributed by atoms with Gasteiger partial charge in [-0.15, -0.1) is 6.42 Å². The van der Waals surface area contributed by atoms with E-state index in [2.05, 4.69) is 37.6 Å². The number of phenols is 1. The van der Waals surface area contributed by atoms with Crippen molar-refractivity contribution >= 4 is 27.5 Å². The van der Waals surface area contributed by atoms with Gasteiger partial charge in [0, 0.05) is 67.4 Å². The van der Waals surface area contributed by atoms with E-state index in [0.29, 0.717) is 71.1 Å². The Kier molecular flexibility index (Phi) is 6.26. The van der Waals surface area contributed by atoms with Gasteiger partial charge in [-0.1, -0.05) is 30.2 Å². The van der Waals surface area contributed by atoms with Gasteiger partial charge in [-0.3, -0.25) is 9.88 Å². The van der Waals surface area contributed by atoms with Gasteiger partial charge in [0.05, 0.1) is 10.9 Å². The number of anilines is 1. The van der Waals surface area contributed by atoms with E-state index in [-0.39, 0.29) is 29.6 Å². The summed E-state index contributed by atoms with van der Waals surface area (Å²) in [6.07, 6.45) is 9.59. The molecule has 224 valence electrons. The van der Waals surface area contributed by atoms with Gasteiger partial charge in [0.1, 0.15) is 35.6 Å². The molecule has 0 aliphatic carbocycles. The van der Waals surface area contributed by atoms with Crippen LogP contribution in [0.1, 0.15) is 31.2 Å². The minimum Gasteiger partial charge on any atom is -0.508 e. The monoisotopic (exact) mass is 594 g/mol. The number of piperazine rings is 1. The number of rotatable bonds is 5. The number of nitrogens with one attached hydrogen (secondary N) is 1. The first-order valence-electron chi connectivity index (χ1n) is 15.1. The molecule has 0 saturated carbocycles. The molecule has 2 N–H and O–H groups in total. The van der Waals surface area contributed by atoms with Gasteiger partial charge in [0.15, 0.2) is 5.82 Å². The number of phenolic OH excluding ortho intramolecular Hbond substituents is 1. The van der Waals surface area contributed by atoms with Crippen molar-refractivity contribution in [3.63, 3.8) is 0 Å². The molecule has 10 heteroatoms. The molecular weight excluding hydrogens is 562 g/mol. The Morgan fingerprint density at radius 3 is 2.80 bits per heavy atom. The van der Waals surface area contributed by atoms with E-state index in [1.807, 2.05) is 6.07 Å². The molecule has 8 rings (SSSR count). The first-order valence-corrected chi connectivity index (χ1v) is 15.1. The van der Waals surface area contributed by atoms with E-state index in [4.69, 9.17) is 16.1 Å². The molecule has 2 aromatic heterocycles. The largest absolute Gasteiger partial charge is 0.508 e. The van der Waals surface area contributed by atoms with E-state index >= 15 is 4.39 Å². The average Bonchev–Trinajstić information content (AvgIpc) is 3.61. The minimum absolute atomic E-state index is 0.0185. The Morgan fingerprint density at radius 1 is 1.18 bits per heavy atom. The van der Waals surface area contributed by atoms with Crippen molar-refractivity contribution < 1.29 is 18.6 Å². The number of fused-ring (bicyclic) bond motifs is 5. The fraction of sp³-hybridized carbons (Fsp3) is 0.382. The topological polar surface area (TPSA) is 86.6 Å². The predicted octanol–water partition coefficient (Wildman–Crippen LogP) is 4.73. The van der Waals surface area contributed by atoms with Crippen LogP contribution in [0.2, 0.25) is 0 Å². The third kappa shape index (κ3) is 4.37. The molecule has 4 aliphatic heterocycles. The second kappa shape index (κ2) is 10.1. The zero-order chi connectivity index (χ0) is 30.2. The SMILES string of the molecule is C#Cc1cccc2cc(O)cc(-c3ncc4c(N5C[C@H]6CC[C@@H](C5)N6)nc(OCC56CC(=C)CN5CC(F)C6)nc4c3F)c12. The highest BCUT2D eigenvalue weighted by atomic mass is 19.1. The maximum absolute atomic E-state index is 16.8. The molecule has 0 spiro atoms. The number of ether oxygens (including phenoxy) is 1. The van der Waals surface area contributed by atoms with Crippen molar-refractivity contribution in [2.45, 2.75) is 49.5 Å². The summed E-state index contributed by atoms with van der Waals surface area (Å²) in [4.78, 5) is 18.2. The van der Waals surface area contributed by atoms with Crippen LogP contribution in [0.4, 0.5) is 14.6 Å². The highest BCUT2D eigenvalue weighted by molar-refractivity contribution is 6.02. The maximum atomic E-state index is 16.8. The highest BCUT2D eigenvalue weighted by Gasteiger charge is 2.50. The summed E-state index contributed by atoms with van der Waals surface area (Å²) < 4.78 is 37.5. The lowest BCUT2D eigenvalue weighted by atomic mass is 9.93. The molecule has 4 saturated heterocycles. The van der Waals surface area contributed by atoms with Crippen molar-refractivity contribution in [2.24, 2.45) is 0 Å². The number of pyridine rings is 1. The summed E-state index contributed by atoms with van der Waals surface area (Å²) in [5, 5.41) is 15.9. The summed E-state index contributed by atoms with van der Waals surface area (Å²) in [7, 11) is 0. The molecule has 0 amide bonds. The maximum Gasteiger partial charge on any atom is 0.319 e. The third-order valence-electron chi connectivity index (χ3n) is 9.69. The zero-order valence-corrected chi connectivity index (χ0v) is 24.2. The first-order chi connectivity index (χ1) is 21.3. The van der Waals surface area contributed by atoms with Crippen LogP contribution in [0.5, 0.6) is 11.8 Å². The summed E-state index contributed by atoms with van der Waals surface area (Å²) in [5.41, 5.74) is 1.54. The van der Waals surface area contributed by atoms with Gasteiger partial charge in [0.2, 0.25) is 0 Å². The summed E-state index contributed by atoms with van der Waals surface area (Å²) in [5.74, 6) is 2.54. The minimum atomic E-state index is -0.938. The number of hydrogen-bond donors (Lipinski definition) is 2. The normalized spacial score (nSPS) is 26.4. The third-order valence-corrected chi connectivity index (χ3v) is 9.69. The van der Waals surface area contributed by atoms with Crippen LogP contribution in [0.15, 0.2) is 48.7 Å². The molecule has 8 nitrogen and oxygen atoms in total. The van der Waals surface area contributed by atoms with Crippen LogP contribution in [0, 0.1) is 18.2 Å². The number of benzene rings is 2. The second-order valence-corrected chi connectivity index (χ2v) is 12.7. The van der Waals surface area contributed by atoms with Crippen LogP contribution < -0.4 is 15.0 Å². The molecule has 6 heterocycles. The molecule has 2 aromatic carbocycles. The van der Waals surface area contributed by atoms with E-state index in [0.717, 1.165) is 31.5 Å². The molecule has 2 bridgehead atoms. The number of aromatic hydroxyl groups is 1. The standard InChI is InChI=1S/C34H32F2N6O2/c1-3-20-5-4-6-21-9-25(43)10-26(28(20)21)30-29(36)31-27(13-37-30)32(41-16-23-7-8-24(17-41)38-23)40-33(39-31)44-18-34-11-19(2)14-42(34)15-22(35)12-34/h1,4-6,9-10,13,22-24,38,43H,2,7-8,11-12,14-18H2/t22?,23-,24+,34?. The first kappa shape index (κ1) is 27.2. The Morgan fingerprint density at radius 2 is 2.00 bits per heavy atom. The van der Waals surface area contributed by atoms with Gasteiger partial charge in [-0.2, -0.15) is 9.97 Å². The predicted molar refractivity (Wildman–Crippen MR) is 165 cm³/mol. The van der Waals surface area contributed by atoms with Crippen LogP contribution in [-0.4, -0.2) is 81.5 Å². The molecule has 44 heavy (non-hydrogen) atoms. The van der Waals surface area contributed by atoms with E-state index in [1.165, 1.54) is 6.07 Å². The average molecular weight is 595 g/mol. The molecule has 4 aromatic rings. The Labute approximate surface area is 253 Å². The molecule has 4 atom stereocenters. The van der Waals surface area contributed by atoms with Gasteiger partial charge in [0.25, 0.3) is 0 Å². The smallest absolute Gasteiger partial charge is 0.319 e. The van der Waals surface area contributed by atoms with Crippen LogP contribution >= 0.6 is 0 Å². The Balaban J connectivity index is 1.26. The highest BCUT2D eigenvalue weighted by Crippen LogP contribution is 2.43. The van der Waals surface area contributed by atoms with Gasteiger partial charge < -0.3 is 20.1 Å². The van der Waals surface area contributed by atoms with E-state index < -0.39 is 17.5 Å². The van der Waals surface area contributed by atoms with Crippen molar-refractivity contribution in [1.29, 1.82) is 0 Å². The summed E-state index contributed by atoms with van der Waals surface area (Å²) >= 11 is 0. The molecule has 2 unspecified atom stereocenters. The fourth-order valence-corrected chi connectivity index (χ4v) is 7.85. The van der Waals surface area contributed by atoms with Crippen molar-refractivity contribution in [2.75, 3.05) is 37.7 Å². The van der Waals surface area contributed by atoms with Crippen molar-refractivity contribution in [3.8, 4) is 35.4 Å². The number of alkyl halides is 1. The summed E-state index contributed by atoms with van der Waals surface area (Å²) in [6.45, 7) is 6.73. The number of aromatic nitrogens is 3. The summed E-state index contributed by atoms with van der Waals surface area (Å²) in [6, 6.07) is 9.12. The van der Waals surface area contributed by atoms with E-state index in [1.54, 1.807) is 24.4 Å². The van der Waals surface area contributed by atoms with Crippen molar-refractivity contribution in [1.82, 2.24) is 25.2 Å². The molecule has 4 fully saturated rings. The lowest BCUT2D eigenvalue weighted by molar-refractivity contribution is 0.107. The van der Waals surface area contributed by atoms with Crippen LogP contribution in [0.25, 0.3) is 32.9 Å². The molecular formula is C34H32F2N6O2. The zero-order valence-electron chi connectivity index (χ0n) is 24.2. The number of halogens is 2. The number of hydrogen-bond acceptors (Lipinski definition) is 8. The van der Waals surface area contributed by atoms with E-state index in [9.17, 15) is 9.50 Å². The Hall–Kier alpha value is -4.33. The quantitative estimate of drug-likeness (QED) is 0.253. The van der Waals surface area contributed by atoms with Crippen molar-refractivity contribution in [3.05, 3.63) is 60.1 Å². The molecule has 4 aliphatic rings. The van der Waals surface area contributed by atoms with Gasteiger partial charge >= 0.3 is 6.01 Å². The Bertz CT molecular complexity index is 1880. The lowest BCUT2D eigenvalue weighted by Crippen LogP contribution is -2.51.